The molecule has 1 saturated carbocycles. The Morgan fingerprint density at radius 3 is 2.64 bits per heavy atom. The Hall–Kier alpha value is -3.64. The summed E-state index contributed by atoms with van der Waals surface area (Å²) in [5.41, 5.74) is 6.15. The van der Waals surface area contributed by atoms with E-state index in [1.54, 1.807) is 0 Å². The SMILES string of the molecule is CCC1(CCC(=O)n2c(=O)oc3c(N4CCN(Cc5cccc(C6=CCC=CC=C6)c5)CC4)cccc32)CC1. The maximum Gasteiger partial charge on any atom is 0.426 e. The molecule has 1 aromatic heterocycles. The molecule has 6 heteroatoms. The maximum absolute atomic E-state index is 13.0. The van der Waals surface area contributed by atoms with Crippen LogP contribution in [-0.2, 0) is 6.54 Å². The number of hydrogen-bond acceptors (Lipinski definition) is 5. The number of benzene rings is 2. The molecule has 0 atom stereocenters. The Bertz CT molecular complexity index is 1510. The summed E-state index contributed by atoms with van der Waals surface area (Å²) < 4.78 is 6.95. The first-order valence-corrected chi connectivity index (χ1v) is 14.3. The van der Waals surface area contributed by atoms with Crippen molar-refractivity contribution in [2.75, 3.05) is 31.1 Å². The molecule has 39 heavy (non-hydrogen) atoms. The predicted molar refractivity (Wildman–Crippen MR) is 157 cm³/mol. The van der Waals surface area contributed by atoms with Gasteiger partial charge in [0, 0.05) is 39.1 Å². The third kappa shape index (κ3) is 5.44. The molecule has 3 aromatic rings. The molecule has 2 aliphatic carbocycles. The average Bonchev–Trinajstić information content (AvgIpc) is 3.72. The fourth-order valence-corrected chi connectivity index (χ4v) is 6.00. The van der Waals surface area contributed by atoms with Gasteiger partial charge in [0.25, 0.3) is 0 Å². The van der Waals surface area contributed by atoms with Crippen molar-refractivity contribution < 1.29 is 9.21 Å². The van der Waals surface area contributed by atoms with Crippen LogP contribution in [0.4, 0.5) is 5.69 Å². The topological polar surface area (TPSA) is 58.7 Å². The lowest BCUT2D eigenvalue weighted by atomic mass is 9.97. The van der Waals surface area contributed by atoms with Crippen LogP contribution in [0, 0.1) is 5.41 Å². The number of fused-ring (bicyclic) bond motifs is 1. The highest BCUT2D eigenvalue weighted by Gasteiger charge is 2.40. The van der Waals surface area contributed by atoms with Crippen molar-refractivity contribution in [2.45, 2.75) is 52.0 Å². The molecular formula is C33H37N3O3. The summed E-state index contributed by atoms with van der Waals surface area (Å²) in [6.45, 7) is 6.58. The molecule has 3 aliphatic rings. The third-order valence-corrected chi connectivity index (χ3v) is 8.79. The first-order valence-electron chi connectivity index (χ1n) is 14.3. The van der Waals surface area contributed by atoms with Gasteiger partial charge >= 0.3 is 5.76 Å². The molecule has 6 rings (SSSR count). The van der Waals surface area contributed by atoms with Crippen molar-refractivity contribution in [1.82, 2.24) is 9.47 Å². The summed E-state index contributed by atoms with van der Waals surface area (Å²) in [7, 11) is 0. The molecule has 2 heterocycles. The van der Waals surface area contributed by atoms with Gasteiger partial charge in [0.1, 0.15) is 5.52 Å². The smallest absolute Gasteiger partial charge is 0.405 e. The van der Waals surface area contributed by atoms with Crippen molar-refractivity contribution >= 4 is 28.3 Å². The van der Waals surface area contributed by atoms with Gasteiger partial charge in [0.15, 0.2) is 5.58 Å². The molecule has 0 amide bonds. The summed E-state index contributed by atoms with van der Waals surface area (Å²) in [4.78, 5) is 30.6. The highest BCUT2D eigenvalue weighted by atomic mass is 16.4. The van der Waals surface area contributed by atoms with Gasteiger partial charge in [-0.2, -0.15) is 0 Å². The van der Waals surface area contributed by atoms with Gasteiger partial charge in [-0.05, 0) is 66.0 Å². The second-order valence-electron chi connectivity index (χ2n) is 11.2. The van der Waals surface area contributed by atoms with Crippen LogP contribution < -0.4 is 10.7 Å². The number of oxazole rings is 1. The molecule has 202 valence electrons. The monoisotopic (exact) mass is 523 g/mol. The van der Waals surface area contributed by atoms with E-state index < -0.39 is 5.76 Å². The van der Waals surface area contributed by atoms with Crippen LogP contribution >= 0.6 is 0 Å². The number of allylic oxidation sites excluding steroid dienone is 6. The number of carbonyl (C=O) groups is 1. The second kappa shape index (κ2) is 10.9. The van der Waals surface area contributed by atoms with Crippen LogP contribution in [0.1, 0.15) is 61.4 Å². The summed E-state index contributed by atoms with van der Waals surface area (Å²) in [5.74, 6) is -0.731. The molecule has 0 N–H and O–H groups in total. The van der Waals surface area contributed by atoms with Gasteiger partial charge < -0.3 is 9.32 Å². The summed E-state index contributed by atoms with van der Waals surface area (Å²) in [6.07, 6.45) is 16.5. The second-order valence-corrected chi connectivity index (χ2v) is 11.2. The Kier molecular flexibility index (Phi) is 7.13. The largest absolute Gasteiger partial charge is 0.426 e. The standard InChI is InChI=1S/C33H37N3O3/c1-2-33(17-18-33)16-15-30(37)36-29-14-8-13-28(31(29)39-32(36)38)35-21-19-34(20-22-35)24-25-9-7-12-27(23-25)26-10-5-3-4-6-11-26/h3-5,7-14,23H,2,6,15-22,24H2,1H3. The van der Waals surface area contributed by atoms with Crippen LogP contribution in [0.15, 0.2) is 82.1 Å². The highest BCUT2D eigenvalue weighted by molar-refractivity contribution is 5.94. The number of para-hydroxylation sites is 1. The lowest BCUT2D eigenvalue weighted by molar-refractivity contribution is 0.0886. The lowest BCUT2D eigenvalue weighted by Crippen LogP contribution is -2.46. The maximum atomic E-state index is 13.0. The fourth-order valence-electron chi connectivity index (χ4n) is 6.00. The Morgan fingerprint density at radius 2 is 1.85 bits per heavy atom. The van der Waals surface area contributed by atoms with Crippen LogP contribution in [0.2, 0.25) is 0 Å². The highest BCUT2D eigenvalue weighted by Crippen LogP contribution is 2.52. The molecule has 0 spiro atoms. The van der Waals surface area contributed by atoms with Crippen molar-refractivity contribution in [2.24, 2.45) is 5.41 Å². The van der Waals surface area contributed by atoms with E-state index >= 15 is 0 Å². The number of piperazine rings is 1. The molecule has 2 aromatic carbocycles. The van der Waals surface area contributed by atoms with Gasteiger partial charge in [0.05, 0.1) is 5.69 Å². The van der Waals surface area contributed by atoms with E-state index in [0.717, 1.165) is 57.7 Å². The first kappa shape index (κ1) is 25.6. The van der Waals surface area contributed by atoms with Crippen LogP contribution in [0.5, 0.6) is 0 Å². The average molecular weight is 524 g/mol. The number of nitrogens with zero attached hydrogens (tertiary/aromatic N) is 3. The van der Waals surface area contributed by atoms with E-state index in [1.165, 1.54) is 34.1 Å². The van der Waals surface area contributed by atoms with Crippen molar-refractivity contribution in [1.29, 1.82) is 0 Å². The molecule has 2 fully saturated rings. The van der Waals surface area contributed by atoms with Crippen molar-refractivity contribution in [3.8, 4) is 0 Å². The van der Waals surface area contributed by atoms with E-state index in [4.69, 9.17) is 4.42 Å². The van der Waals surface area contributed by atoms with Crippen LogP contribution in [0.3, 0.4) is 0 Å². The predicted octanol–water partition coefficient (Wildman–Crippen LogP) is 6.43. The minimum absolute atomic E-state index is 0.158. The van der Waals surface area contributed by atoms with E-state index in [2.05, 4.69) is 71.4 Å². The van der Waals surface area contributed by atoms with Gasteiger partial charge in [-0.3, -0.25) is 9.69 Å². The number of rotatable bonds is 8. The number of hydrogen-bond donors (Lipinski definition) is 0. The molecule has 1 saturated heterocycles. The summed E-state index contributed by atoms with van der Waals surface area (Å²) in [6, 6.07) is 14.6. The van der Waals surface area contributed by atoms with Crippen molar-refractivity contribution in [3.63, 3.8) is 0 Å². The number of carbonyl (C=O) groups excluding carboxylic acids is 1. The van der Waals surface area contributed by atoms with Gasteiger partial charge in [-0.1, -0.05) is 68.0 Å². The quantitative estimate of drug-likeness (QED) is 0.341. The molecular weight excluding hydrogens is 486 g/mol. The molecule has 6 nitrogen and oxygen atoms in total. The third-order valence-electron chi connectivity index (χ3n) is 8.79. The van der Waals surface area contributed by atoms with E-state index in [1.807, 2.05) is 18.2 Å². The number of anilines is 1. The molecule has 1 aliphatic heterocycles. The number of aromatic nitrogens is 1. The van der Waals surface area contributed by atoms with Crippen LogP contribution in [-0.4, -0.2) is 41.6 Å². The summed E-state index contributed by atoms with van der Waals surface area (Å²) >= 11 is 0. The Morgan fingerprint density at radius 1 is 1.03 bits per heavy atom. The van der Waals surface area contributed by atoms with Gasteiger partial charge in [-0.15, -0.1) is 0 Å². The normalized spacial score (nSPS) is 18.8. The molecule has 0 bridgehead atoms. The molecule has 0 radical (unpaired) electrons. The first-order chi connectivity index (χ1) is 19.0. The van der Waals surface area contributed by atoms with Gasteiger partial charge in [0.2, 0.25) is 5.91 Å². The minimum Gasteiger partial charge on any atom is -0.405 e. The van der Waals surface area contributed by atoms with E-state index in [0.29, 0.717) is 22.9 Å². The molecule has 0 unspecified atom stereocenters. The Labute approximate surface area is 229 Å². The fraction of sp³-hybridized carbons (Fsp3) is 0.394. The van der Waals surface area contributed by atoms with Crippen molar-refractivity contribution in [3.05, 3.63) is 94.5 Å². The van der Waals surface area contributed by atoms with E-state index in [9.17, 15) is 9.59 Å². The zero-order valence-electron chi connectivity index (χ0n) is 22.8. The Balaban J connectivity index is 1.12. The van der Waals surface area contributed by atoms with Gasteiger partial charge in [-0.25, -0.2) is 9.36 Å². The van der Waals surface area contributed by atoms with E-state index in [-0.39, 0.29) is 5.91 Å². The minimum atomic E-state index is -0.572. The van der Waals surface area contributed by atoms with Crippen LogP contribution in [0.25, 0.3) is 16.7 Å². The zero-order chi connectivity index (χ0) is 26.8. The zero-order valence-corrected chi connectivity index (χ0v) is 22.8. The summed E-state index contributed by atoms with van der Waals surface area (Å²) in [5, 5.41) is 0. The lowest BCUT2D eigenvalue weighted by Gasteiger charge is -2.36.